The summed E-state index contributed by atoms with van der Waals surface area (Å²) in [6.45, 7) is 4.08. The second-order valence-corrected chi connectivity index (χ2v) is 7.65. The third kappa shape index (κ3) is 5.20. The lowest BCUT2D eigenvalue weighted by Crippen LogP contribution is -2.42. The molecule has 5 heteroatoms. The van der Waals surface area contributed by atoms with Gasteiger partial charge in [0.05, 0.1) is 0 Å². The molecule has 0 saturated carbocycles. The summed E-state index contributed by atoms with van der Waals surface area (Å²) in [5.41, 5.74) is 1.89. The molecule has 2 heterocycles. The number of aliphatic hydroxyl groups is 1. The molecule has 0 spiro atoms. The Balaban J connectivity index is 1.93. The van der Waals surface area contributed by atoms with Crippen molar-refractivity contribution < 1.29 is 19.4 Å². The van der Waals surface area contributed by atoms with Gasteiger partial charge >= 0.3 is 0 Å². The van der Waals surface area contributed by atoms with E-state index < -0.39 is 6.29 Å². The molecule has 3 atom stereocenters. The number of hydrogen-bond donors (Lipinski definition) is 1. The van der Waals surface area contributed by atoms with Crippen LogP contribution in [-0.4, -0.2) is 48.5 Å². The molecule has 1 saturated heterocycles. The first kappa shape index (κ1) is 21.4. The van der Waals surface area contributed by atoms with E-state index in [0.29, 0.717) is 18.8 Å². The monoisotopic (exact) mass is 397 g/mol. The third-order valence-corrected chi connectivity index (χ3v) is 5.73. The van der Waals surface area contributed by atoms with E-state index >= 15 is 0 Å². The zero-order valence-corrected chi connectivity index (χ0v) is 17.2. The van der Waals surface area contributed by atoms with E-state index in [1.807, 2.05) is 42.2 Å². The Morgan fingerprint density at radius 3 is 2.62 bits per heavy atom. The molecule has 29 heavy (non-hydrogen) atoms. The van der Waals surface area contributed by atoms with Gasteiger partial charge in [0.15, 0.2) is 5.76 Å². The number of aliphatic hydroxyl groups excluding tert-OH is 1. The molecule has 1 aromatic carbocycles. The summed E-state index contributed by atoms with van der Waals surface area (Å²) in [7, 11) is 0. The number of hydrogen-bond acceptors (Lipinski definition) is 4. The highest BCUT2D eigenvalue weighted by Crippen LogP contribution is 2.40. The number of rotatable bonds is 7. The maximum Gasteiger partial charge on any atom is 0.288 e. The first-order chi connectivity index (χ1) is 14.2. The van der Waals surface area contributed by atoms with E-state index in [9.17, 15) is 9.90 Å². The normalized spacial score (nSPS) is 24.4. The smallest absolute Gasteiger partial charge is 0.288 e. The number of ether oxygens (including phenoxy) is 2. The number of allylic oxidation sites excluding steroid dienone is 1. The molecule has 2 aliphatic heterocycles. The zero-order chi connectivity index (χ0) is 20.6. The highest BCUT2D eigenvalue weighted by atomic mass is 16.7. The Morgan fingerprint density at radius 2 is 2.00 bits per heavy atom. The lowest BCUT2D eigenvalue weighted by molar-refractivity contribution is -0.170. The molecule has 1 aromatic rings. The average molecular weight is 398 g/mol. The van der Waals surface area contributed by atoms with Gasteiger partial charge in [-0.3, -0.25) is 4.79 Å². The van der Waals surface area contributed by atoms with Crippen LogP contribution in [0.1, 0.15) is 56.1 Å². The van der Waals surface area contributed by atoms with E-state index in [4.69, 9.17) is 15.9 Å². The summed E-state index contributed by atoms with van der Waals surface area (Å²) in [6.07, 6.45) is 11.5. The standard InChI is InChI=1S/C24H31NO4/c1-3-18-10-12-19(13-11-18)21-17-22(23(27)25-14-6-5-7-15-25)29-24(28-4-2)20(21)9-8-16-26/h1,10-13,17,20-21,24,26H,4-9,14-16H2,2H3/t20-,21+,24+/m0/s1. The predicted octanol–water partition coefficient (Wildman–Crippen LogP) is 3.43. The largest absolute Gasteiger partial charge is 0.459 e. The van der Waals surface area contributed by atoms with Gasteiger partial charge in [0, 0.05) is 43.7 Å². The van der Waals surface area contributed by atoms with Gasteiger partial charge < -0.3 is 19.5 Å². The molecule has 1 amide bonds. The lowest BCUT2D eigenvalue weighted by Gasteiger charge is -2.38. The van der Waals surface area contributed by atoms with Crippen LogP contribution in [0.3, 0.4) is 0 Å². The maximum absolute atomic E-state index is 13.1. The molecule has 1 fully saturated rings. The van der Waals surface area contributed by atoms with Crippen molar-refractivity contribution in [2.24, 2.45) is 5.92 Å². The molecule has 0 unspecified atom stereocenters. The van der Waals surface area contributed by atoms with Gasteiger partial charge in [-0.2, -0.15) is 0 Å². The molecule has 3 rings (SSSR count). The van der Waals surface area contributed by atoms with Crippen molar-refractivity contribution in [3.05, 3.63) is 47.2 Å². The van der Waals surface area contributed by atoms with Crippen LogP contribution in [0.2, 0.25) is 0 Å². The molecule has 2 aliphatic rings. The van der Waals surface area contributed by atoms with Gasteiger partial charge in [-0.25, -0.2) is 0 Å². The van der Waals surface area contributed by atoms with Crippen LogP contribution < -0.4 is 0 Å². The predicted molar refractivity (Wildman–Crippen MR) is 112 cm³/mol. The number of carbonyl (C=O) groups is 1. The number of amides is 1. The fourth-order valence-corrected chi connectivity index (χ4v) is 4.19. The summed E-state index contributed by atoms with van der Waals surface area (Å²) in [6, 6.07) is 7.87. The summed E-state index contributed by atoms with van der Waals surface area (Å²) < 4.78 is 12.0. The first-order valence-corrected chi connectivity index (χ1v) is 10.6. The van der Waals surface area contributed by atoms with Gasteiger partial charge in [-0.15, -0.1) is 6.42 Å². The van der Waals surface area contributed by atoms with Crippen LogP contribution in [0, 0.1) is 18.3 Å². The molecule has 0 radical (unpaired) electrons. The summed E-state index contributed by atoms with van der Waals surface area (Å²) >= 11 is 0. The summed E-state index contributed by atoms with van der Waals surface area (Å²) in [5, 5.41) is 9.37. The van der Waals surface area contributed by atoms with E-state index in [1.54, 1.807) is 0 Å². The first-order valence-electron chi connectivity index (χ1n) is 10.6. The topological polar surface area (TPSA) is 59.0 Å². The van der Waals surface area contributed by atoms with Gasteiger partial charge in [-0.05, 0) is 62.8 Å². The Kier molecular flexibility index (Phi) is 7.74. The molecule has 0 aromatic heterocycles. The van der Waals surface area contributed by atoms with Crippen LogP contribution in [-0.2, 0) is 14.3 Å². The quantitative estimate of drug-likeness (QED) is 0.716. The molecular weight excluding hydrogens is 366 g/mol. The van der Waals surface area contributed by atoms with Crippen molar-refractivity contribution >= 4 is 5.91 Å². The Bertz CT molecular complexity index is 743. The number of terminal acetylenes is 1. The highest BCUT2D eigenvalue weighted by molar-refractivity contribution is 5.91. The maximum atomic E-state index is 13.1. The average Bonchev–Trinajstić information content (AvgIpc) is 2.78. The number of carbonyl (C=O) groups excluding carboxylic acids is 1. The van der Waals surface area contributed by atoms with Crippen LogP contribution in [0.15, 0.2) is 36.1 Å². The molecule has 0 bridgehead atoms. The summed E-state index contributed by atoms with van der Waals surface area (Å²) in [4.78, 5) is 15.0. The minimum atomic E-state index is -0.516. The molecule has 0 aliphatic carbocycles. The SMILES string of the molecule is C#Cc1ccc([C@H]2C=C(C(=O)N3CCCCC3)O[C@@H](OCC)[C@H]2CCCO)cc1. The Labute approximate surface area is 173 Å². The van der Waals surface area contributed by atoms with Crippen molar-refractivity contribution in [3.63, 3.8) is 0 Å². The van der Waals surface area contributed by atoms with Gasteiger partial charge in [0.25, 0.3) is 5.91 Å². The van der Waals surface area contributed by atoms with Crippen LogP contribution in [0.4, 0.5) is 0 Å². The highest BCUT2D eigenvalue weighted by Gasteiger charge is 2.38. The lowest BCUT2D eigenvalue weighted by atomic mass is 9.80. The molecule has 156 valence electrons. The van der Waals surface area contributed by atoms with Crippen LogP contribution in [0.5, 0.6) is 0 Å². The Morgan fingerprint density at radius 1 is 1.28 bits per heavy atom. The van der Waals surface area contributed by atoms with Crippen molar-refractivity contribution in [3.8, 4) is 12.3 Å². The fourth-order valence-electron chi connectivity index (χ4n) is 4.19. The van der Waals surface area contributed by atoms with Gasteiger partial charge in [0.2, 0.25) is 6.29 Å². The zero-order valence-electron chi connectivity index (χ0n) is 17.2. The van der Waals surface area contributed by atoms with Crippen LogP contribution in [0.25, 0.3) is 0 Å². The summed E-state index contributed by atoms with van der Waals surface area (Å²) in [5.74, 6) is 2.93. The van der Waals surface area contributed by atoms with Crippen LogP contribution >= 0.6 is 0 Å². The van der Waals surface area contributed by atoms with E-state index in [-0.39, 0.29) is 24.3 Å². The van der Waals surface area contributed by atoms with Gasteiger partial charge in [0.1, 0.15) is 0 Å². The molecule has 5 nitrogen and oxygen atoms in total. The second kappa shape index (κ2) is 10.5. The minimum absolute atomic E-state index is 0.0108. The van der Waals surface area contributed by atoms with E-state index in [2.05, 4.69) is 5.92 Å². The number of nitrogens with zero attached hydrogens (tertiary/aromatic N) is 1. The fraction of sp³-hybridized carbons (Fsp3) is 0.542. The van der Waals surface area contributed by atoms with E-state index in [1.165, 1.54) is 6.42 Å². The molecular formula is C24H31NO4. The van der Waals surface area contributed by atoms with Gasteiger partial charge in [-0.1, -0.05) is 18.1 Å². The van der Waals surface area contributed by atoms with Crippen molar-refractivity contribution in [2.45, 2.75) is 51.2 Å². The minimum Gasteiger partial charge on any atom is -0.459 e. The van der Waals surface area contributed by atoms with Crippen molar-refractivity contribution in [2.75, 3.05) is 26.3 Å². The third-order valence-electron chi connectivity index (χ3n) is 5.73. The van der Waals surface area contributed by atoms with Crippen molar-refractivity contribution in [1.29, 1.82) is 0 Å². The second-order valence-electron chi connectivity index (χ2n) is 7.65. The number of likely N-dealkylation sites (tertiary alicyclic amines) is 1. The number of benzene rings is 1. The van der Waals surface area contributed by atoms with E-state index in [0.717, 1.165) is 43.5 Å². The number of piperidine rings is 1. The Hall–Kier alpha value is -2.29. The molecule has 1 N–H and O–H groups in total. The van der Waals surface area contributed by atoms with Crippen molar-refractivity contribution in [1.82, 2.24) is 4.90 Å².